The highest BCUT2D eigenvalue weighted by atomic mass is 16.1. The minimum atomic E-state index is -0.0637. The predicted octanol–water partition coefficient (Wildman–Crippen LogP) is 1.38. The van der Waals surface area contributed by atoms with E-state index in [-0.39, 0.29) is 11.4 Å². The third-order valence-corrected chi connectivity index (χ3v) is 2.46. The highest BCUT2D eigenvalue weighted by Crippen LogP contribution is 1.98. The van der Waals surface area contributed by atoms with E-state index >= 15 is 0 Å². The van der Waals surface area contributed by atoms with Crippen molar-refractivity contribution in [2.75, 3.05) is 20.1 Å². The van der Waals surface area contributed by atoms with E-state index < -0.39 is 0 Å². The second-order valence-electron chi connectivity index (χ2n) is 5.50. The highest BCUT2D eigenvalue weighted by molar-refractivity contribution is 5.94. The molecule has 5 nitrogen and oxygen atoms in total. The number of rotatable bonds is 4. The van der Waals surface area contributed by atoms with Gasteiger partial charge in [-0.1, -0.05) is 18.2 Å². The van der Waals surface area contributed by atoms with Crippen LogP contribution >= 0.6 is 0 Å². The number of hydrogen-bond donors (Lipinski definition) is 3. The van der Waals surface area contributed by atoms with Crippen LogP contribution in [0.5, 0.6) is 0 Å². The lowest BCUT2D eigenvalue weighted by Gasteiger charge is -2.23. The first-order valence-electron chi connectivity index (χ1n) is 6.74. The van der Waals surface area contributed by atoms with Crippen molar-refractivity contribution in [3.63, 3.8) is 0 Å². The van der Waals surface area contributed by atoms with Crippen LogP contribution in [0.1, 0.15) is 31.1 Å². The molecule has 110 valence electrons. The van der Waals surface area contributed by atoms with Crippen LogP contribution in [0, 0.1) is 0 Å². The molecule has 0 aliphatic rings. The summed E-state index contributed by atoms with van der Waals surface area (Å²) >= 11 is 0. The predicted molar refractivity (Wildman–Crippen MR) is 83.0 cm³/mol. The molecule has 0 fully saturated rings. The number of nitrogens with zero attached hydrogens (tertiary/aromatic N) is 1. The molecule has 0 bridgehead atoms. The van der Waals surface area contributed by atoms with Crippen molar-refractivity contribution in [3.8, 4) is 0 Å². The van der Waals surface area contributed by atoms with Crippen molar-refractivity contribution in [2.24, 2.45) is 4.99 Å². The molecule has 0 aliphatic heterocycles. The van der Waals surface area contributed by atoms with Gasteiger partial charge >= 0.3 is 0 Å². The number of carbonyl (C=O) groups is 1. The molecule has 0 aliphatic carbocycles. The molecule has 20 heavy (non-hydrogen) atoms. The number of amides is 1. The average Bonchev–Trinajstić information content (AvgIpc) is 2.41. The number of guanidine groups is 1. The van der Waals surface area contributed by atoms with E-state index in [1.165, 1.54) is 0 Å². The Morgan fingerprint density at radius 3 is 2.25 bits per heavy atom. The summed E-state index contributed by atoms with van der Waals surface area (Å²) in [6, 6.07) is 9.18. The van der Waals surface area contributed by atoms with Crippen LogP contribution < -0.4 is 16.0 Å². The molecule has 1 aromatic rings. The molecule has 0 aromatic heterocycles. The zero-order chi connectivity index (χ0) is 15.0. The lowest BCUT2D eigenvalue weighted by atomic mass is 10.1. The Hall–Kier alpha value is -2.04. The zero-order valence-electron chi connectivity index (χ0n) is 12.7. The van der Waals surface area contributed by atoms with Crippen LogP contribution in [0.25, 0.3) is 0 Å². The van der Waals surface area contributed by atoms with Crippen LogP contribution in [0.4, 0.5) is 0 Å². The Kier molecular flexibility index (Phi) is 6.03. The van der Waals surface area contributed by atoms with Crippen LogP contribution in [0.15, 0.2) is 35.3 Å². The summed E-state index contributed by atoms with van der Waals surface area (Å²) in [5, 5.41) is 9.27. The maximum Gasteiger partial charge on any atom is 0.251 e. The van der Waals surface area contributed by atoms with Gasteiger partial charge in [-0.25, -0.2) is 0 Å². The van der Waals surface area contributed by atoms with Gasteiger partial charge in [-0.05, 0) is 32.9 Å². The number of aliphatic imine (C=N–C) groups is 1. The molecule has 0 atom stereocenters. The van der Waals surface area contributed by atoms with E-state index in [0.717, 1.165) is 5.96 Å². The zero-order valence-corrected chi connectivity index (χ0v) is 12.7. The lowest BCUT2D eigenvalue weighted by Crippen LogP contribution is -2.49. The first-order valence-corrected chi connectivity index (χ1v) is 6.74. The van der Waals surface area contributed by atoms with Crippen molar-refractivity contribution >= 4 is 11.9 Å². The van der Waals surface area contributed by atoms with Gasteiger partial charge in [0.1, 0.15) is 0 Å². The number of carbonyl (C=O) groups excluding carboxylic acids is 1. The summed E-state index contributed by atoms with van der Waals surface area (Å²) in [5.74, 6) is 0.664. The van der Waals surface area contributed by atoms with Gasteiger partial charge in [0.05, 0.1) is 0 Å². The second-order valence-corrected chi connectivity index (χ2v) is 5.50. The molecule has 0 heterocycles. The minimum absolute atomic E-state index is 0.0465. The standard InChI is InChI=1S/C15H24N4O/c1-15(2,3)19-14(16-4)18-11-10-17-13(20)12-8-6-5-7-9-12/h5-9H,10-11H2,1-4H3,(H,17,20)(H2,16,18,19). The number of hydrogen-bond acceptors (Lipinski definition) is 2. The fourth-order valence-corrected chi connectivity index (χ4v) is 1.58. The van der Waals surface area contributed by atoms with Crippen LogP contribution in [-0.2, 0) is 0 Å². The smallest absolute Gasteiger partial charge is 0.251 e. The van der Waals surface area contributed by atoms with E-state index in [0.29, 0.717) is 18.7 Å². The summed E-state index contributed by atoms with van der Waals surface area (Å²) < 4.78 is 0. The summed E-state index contributed by atoms with van der Waals surface area (Å²) in [4.78, 5) is 15.9. The van der Waals surface area contributed by atoms with Crippen molar-refractivity contribution in [2.45, 2.75) is 26.3 Å². The molecular formula is C15H24N4O. The van der Waals surface area contributed by atoms with Gasteiger partial charge in [-0.2, -0.15) is 0 Å². The molecule has 1 amide bonds. The molecule has 0 saturated carbocycles. The van der Waals surface area contributed by atoms with E-state index in [1.807, 2.05) is 18.2 Å². The third-order valence-electron chi connectivity index (χ3n) is 2.46. The maximum absolute atomic E-state index is 11.8. The molecule has 0 radical (unpaired) electrons. The van der Waals surface area contributed by atoms with E-state index in [1.54, 1.807) is 19.2 Å². The van der Waals surface area contributed by atoms with E-state index in [2.05, 4.69) is 41.7 Å². The van der Waals surface area contributed by atoms with Gasteiger partial charge in [0.2, 0.25) is 0 Å². The SMILES string of the molecule is CN=C(NCCNC(=O)c1ccccc1)NC(C)(C)C. The topological polar surface area (TPSA) is 65.5 Å². The minimum Gasteiger partial charge on any atom is -0.355 e. The Morgan fingerprint density at radius 1 is 1.10 bits per heavy atom. The fourth-order valence-electron chi connectivity index (χ4n) is 1.58. The molecule has 0 saturated heterocycles. The van der Waals surface area contributed by atoms with Crippen molar-refractivity contribution in [1.82, 2.24) is 16.0 Å². The van der Waals surface area contributed by atoms with Gasteiger partial charge in [0, 0.05) is 31.2 Å². The van der Waals surface area contributed by atoms with Crippen molar-refractivity contribution in [3.05, 3.63) is 35.9 Å². The molecule has 0 unspecified atom stereocenters. The Balaban J connectivity index is 2.29. The first kappa shape index (κ1) is 16.0. The van der Waals surface area contributed by atoms with Crippen molar-refractivity contribution in [1.29, 1.82) is 0 Å². The quantitative estimate of drug-likeness (QED) is 0.442. The van der Waals surface area contributed by atoms with Gasteiger partial charge in [-0.15, -0.1) is 0 Å². The van der Waals surface area contributed by atoms with Gasteiger partial charge in [-0.3, -0.25) is 9.79 Å². The average molecular weight is 276 g/mol. The largest absolute Gasteiger partial charge is 0.355 e. The van der Waals surface area contributed by atoms with E-state index in [4.69, 9.17) is 0 Å². The molecule has 3 N–H and O–H groups in total. The Bertz CT molecular complexity index is 449. The molecule has 1 aromatic carbocycles. The maximum atomic E-state index is 11.8. The van der Waals surface area contributed by atoms with Crippen molar-refractivity contribution < 1.29 is 4.79 Å². The third kappa shape index (κ3) is 6.22. The van der Waals surface area contributed by atoms with Crippen LogP contribution in [-0.4, -0.2) is 37.5 Å². The van der Waals surface area contributed by atoms with Gasteiger partial charge < -0.3 is 16.0 Å². The monoisotopic (exact) mass is 276 g/mol. The number of benzene rings is 1. The molecule has 0 spiro atoms. The normalized spacial score (nSPS) is 11.9. The van der Waals surface area contributed by atoms with Gasteiger partial charge in [0.15, 0.2) is 5.96 Å². The molecular weight excluding hydrogens is 252 g/mol. The van der Waals surface area contributed by atoms with Crippen LogP contribution in [0.3, 0.4) is 0 Å². The summed E-state index contributed by atoms with van der Waals surface area (Å²) in [6.07, 6.45) is 0. The molecule has 5 heteroatoms. The molecule has 1 rings (SSSR count). The first-order chi connectivity index (χ1) is 9.42. The van der Waals surface area contributed by atoms with Gasteiger partial charge in [0.25, 0.3) is 5.91 Å². The Morgan fingerprint density at radius 2 is 1.70 bits per heavy atom. The lowest BCUT2D eigenvalue weighted by molar-refractivity contribution is 0.0954. The second kappa shape index (κ2) is 7.53. The fraction of sp³-hybridized carbons (Fsp3) is 0.467. The number of nitrogens with one attached hydrogen (secondary N) is 3. The van der Waals surface area contributed by atoms with E-state index in [9.17, 15) is 4.79 Å². The highest BCUT2D eigenvalue weighted by Gasteiger charge is 2.11. The summed E-state index contributed by atoms with van der Waals surface area (Å²) in [6.45, 7) is 7.36. The summed E-state index contributed by atoms with van der Waals surface area (Å²) in [7, 11) is 1.73. The Labute approximate surface area is 120 Å². The summed E-state index contributed by atoms with van der Waals surface area (Å²) in [5.41, 5.74) is 0.625. The van der Waals surface area contributed by atoms with Crippen LogP contribution in [0.2, 0.25) is 0 Å².